The molecule has 3 atom stereocenters. The number of sulfonamides is 1. The van der Waals surface area contributed by atoms with Gasteiger partial charge in [-0.2, -0.15) is 0 Å². The van der Waals surface area contributed by atoms with Gasteiger partial charge >= 0.3 is 0 Å². The van der Waals surface area contributed by atoms with E-state index in [-0.39, 0.29) is 36.0 Å². The predicted octanol–water partition coefficient (Wildman–Crippen LogP) is 6.00. The predicted molar refractivity (Wildman–Crippen MR) is 147 cm³/mol. The van der Waals surface area contributed by atoms with Crippen molar-refractivity contribution in [2.24, 2.45) is 17.3 Å². The highest BCUT2D eigenvalue weighted by molar-refractivity contribution is 7.89. The van der Waals surface area contributed by atoms with Gasteiger partial charge < -0.3 is 9.47 Å². The molecule has 0 bridgehead atoms. The first-order chi connectivity index (χ1) is 17.0. The molecular formula is C28H45NO5SSi. The van der Waals surface area contributed by atoms with Gasteiger partial charge in [0.05, 0.1) is 16.9 Å². The van der Waals surface area contributed by atoms with Crippen molar-refractivity contribution in [3.8, 4) is 0 Å². The summed E-state index contributed by atoms with van der Waals surface area (Å²) >= 11 is 0. The largest absolute Gasteiger partial charge is 0.359 e. The summed E-state index contributed by atoms with van der Waals surface area (Å²) < 4.78 is 39.3. The third-order valence-electron chi connectivity index (χ3n) is 7.78. The van der Waals surface area contributed by atoms with Crippen molar-refractivity contribution in [2.45, 2.75) is 82.5 Å². The zero-order valence-corrected chi connectivity index (χ0v) is 24.6. The van der Waals surface area contributed by atoms with Crippen molar-refractivity contribution < 1.29 is 22.7 Å². The van der Waals surface area contributed by atoms with Crippen LogP contribution in [0.15, 0.2) is 41.3 Å². The Labute approximate surface area is 219 Å². The molecule has 1 aromatic carbocycles. The number of hydrogen-bond acceptors (Lipinski definition) is 5. The summed E-state index contributed by atoms with van der Waals surface area (Å²) in [6.45, 7) is 9.98. The van der Waals surface area contributed by atoms with Gasteiger partial charge in [-0.25, -0.2) is 12.7 Å². The number of rotatable bonds is 11. The van der Waals surface area contributed by atoms with E-state index in [2.05, 4.69) is 31.8 Å². The van der Waals surface area contributed by atoms with Crippen LogP contribution in [0.4, 0.5) is 0 Å². The van der Waals surface area contributed by atoms with E-state index in [0.717, 1.165) is 50.1 Å². The summed E-state index contributed by atoms with van der Waals surface area (Å²) in [5.74, 6) is 0.0225. The molecule has 0 N–H and O–H groups in total. The molecule has 2 fully saturated rings. The van der Waals surface area contributed by atoms with Crippen molar-refractivity contribution in [1.82, 2.24) is 4.31 Å². The van der Waals surface area contributed by atoms with E-state index in [9.17, 15) is 13.2 Å². The molecule has 1 aromatic rings. The van der Waals surface area contributed by atoms with Crippen LogP contribution in [0.25, 0.3) is 0 Å². The number of allylic oxidation sites excluding steroid dienone is 2. The molecule has 36 heavy (non-hydrogen) atoms. The summed E-state index contributed by atoms with van der Waals surface area (Å²) in [4.78, 5) is 14.4. The minimum atomic E-state index is -3.89. The standard InChI is InChI=1S/C28H45NO5SSi/c1-23-13-15-25(16-14-23)35(31,32)29-19-10-18-28(27(29)30)17-8-6-12-26(28)24(21-34-22-33-2)11-7-9-20-36(3,4)5/h7,9,13-16,24,26H,6,8,10-12,17-22H2,1-5H3. The number of amides is 1. The molecule has 3 rings (SSSR count). The van der Waals surface area contributed by atoms with Crippen molar-refractivity contribution in [3.63, 3.8) is 0 Å². The van der Waals surface area contributed by atoms with Crippen LogP contribution in [0.1, 0.15) is 50.5 Å². The molecule has 0 radical (unpaired) electrons. The fourth-order valence-corrected chi connectivity index (χ4v) is 8.31. The van der Waals surface area contributed by atoms with E-state index in [4.69, 9.17) is 9.47 Å². The normalized spacial score (nSPS) is 24.5. The molecule has 1 amide bonds. The molecule has 0 aromatic heterocycles. The molecule has 1 aliphatic heterocycles. The quantitative estimate of drug-likeness (QED) is 0.150. The topological polar surface area (TPSA) is 72.9 Å². The van der Waals surface area contributed by atoms with Crippen LogP contribution in [0.5, 0.6) is 0 Å². The molecule has 3 unspecified atom stereocenters. The Morgan fingerprint density at radius 3 is 2.47 bits per heavy atom. The van der Waals surface area contributed by atoms with Crippen LogP contribution in [-0.4, -0.2) is 53.8 Å². The fourth-order valence-electron chi connectivity index (χ4n) is 5.93. The van der Waals surface area contributed by atoms with Gasteiger partial charge in [-0.3, -0.25) is 4.79 Å². The zero-order valence-electron chi connectivity index (χ0n) is 22.8. The number of ether oxygens (including phenoxy) is 2. The Bertz CT molecular complexity index is 998. The molecule has 6 nitrogen and oxygen atoms in total. The first kappa shape index (κ1) is 29.1. The van der Waals surface area contributed by atoms with Gasteiger partial charge in [-0.05, 0) is 69.0 Å². The first-order valence-electron chi connectivity index (χ1n) is 13.4. The van der Waals surface area contributed by atoms with Crippen LogP contribution in [-0.2, 0) is 24.3 Å². The maximum atomic E-state index is 14.2. The van der Waals surface area contributed by atoms with E-state index in [1.54, 1.807) is 31.4 Å². The number of methoxy groups -OCH3 is 1. The lowest BCUT2D eigenvalue weighted by molar-refractivity contribution is -0.151. The Morgan fingerprint density at radius 1 is 1.11 bits per heavy atom. The third kappa shape index (κ3) is 6.88. The molecule has 1 saturated heterocycles. The van der Waals surface area contributed by atoms with Crippen LogP contribution >= 0.6 is 0 Å². The number of aryl methyl sites for hydroxylation is 1. The van der Waals surface area contributed by atoms with Crippen LogP contribution in [0.3, 0.4) is 0 Å². The molecule has 1 heterocycles. The highest BCUT2D eigenvalue weighted by atomic mass is 32.2. The van der Waals surface area contributed by atoms with Crippen molar-refractivity contribution in [1.29, 1.82) is 0 Å². The molecule has 8 heteroatoms. The maximum absolute atomic E-state index is 14.2. The number of piperidine rings is 1. The zero-order chi connectivity index (χ0) is 26.4. The molecular weight excluding hydrogens is 490 g/mol. The minimum absolute atomic E-state index is 0.0863. The molecule has 1 saturated carbocycles. The summed E-state index contributed by atoms with van der Waals surface area (Å²) in [5.41, 5.74) is 0.339. The Hall–Kier alpha value is -1.48. The van der Waals surface area contributed by atoms with Gasteiger partial charge in [0.25, 0.3) is 10.0 Å². The molecule has 1 aliphatic carbocycles. The second kappa shape index (κ2) is 12.4. The summed E-state index contributed by atoms with van der Waals surface area (Å²) in [5, 5.41) is 0. The lowest BCUT2D eigenvalue weighted by atomic mass is 9.58. The van der Waals surface area contributed by atoms with E-state index < -0.39 is 23.5 Å². The summed E-state index contributed by atoms with van der Waals surface area (Å²) in [6.07, 6.45) is 10.5. The lowest BCUT2D eigenvalue weighted by Gasteiger charge is -2.50. The number of carbonyl (C=O) groups is 1. The second-order valence-electron chi connectivity index (χ2n) is 11.8. The molecule has 2 aliphatic rings. The Morgan fingerprint density at radius 2 is 1.81 bits per heavy atom. The van der Waals surface area contributed by atoms with Crippen molar-refractivity contribution >= 4 is 24.0 Å². The fraction of sp³-hybridized carbons (Fsp3) is 0.679. The second-order valence-corrected chi connectivity index (χ2v) is 19.2. The summed E-state index contributed by atoms with van der Waals surface area (Å²) in [7, 11) is -3.45. The monoisotopic (exact) mass is 535 g/mol. The number of benzene rings is 1. The van der Waals surface area contributed by atoms with Gasteiger partial charge in [-0.1, -0.05) is 62.3 Å². The van der Waals surface area contributed by atoms with Gasteiger partial charge in [0, 0.05) is 21.7 Å². The van der Waals surface area contributed by atoms with Crippen LogP contribution in [0, 0.1) is 24.2 Å². The Kier molecular flexibility index (Phi) is 9.99. The average molecular weight is 536 g/mol. The van der Waals surface area contributed by atoms with Crippen molar-refractivity contribution in [3.05, 3.63) is 42.0 Å². The first-order valence-corrected chi connectivity index (χ1v) is 18.5. The highest BCUT2D eigenvalue weighted by Gasteiger charge is 2.54. The van der Waals surface area contributed by atoms with Crippen molar-refractivity contribution in [2.75, 3.05) is 27.1 Å². The average Bonchev–Trinajstić information content (AvgIpc) is 2.82. The summed E-state index contributed by atoms with van der Waals surface area (Å²) in [6, 6.07) is 7.92. The number of nitrogens with zero attached hydrogens (tertiary/aromatic N) is 1. The third-order valence-corrected chi connectivity index (χ3v) is 11.0. The van der Waals surface area contributed by atoms with E-state index in [1.807, 2.05) is 6.92 Å². The van der Waals surface area contributed by atoms with E-state index >= 15 is 0 Å². The van der Waals surface area contributed by atoms with Gasteiger partial charge in [0.2, 0.25) is 5.91 Å². The minimum Gasteiger partial charge on any atom is -0.359 e. The maximum Gasteiger partial charge on any atom is 0.266 e. The van der Waals surface area contributed by atoms with Gasteiger partial charge in [0.1, 0.15) is 6.79 Å². The smallest absolute Gasteiger partial charge is 0.266 e. The lowest BCUT2D eigenvalue weighted by Crippen LogP contribution is -2.56. The highest BCUT2D eigenvalue weighted by Crippen LogP contribution is 2.52. The van der Waals surface area contributed by atoms with E-state index in [0.29, 0.717) is 13.0 Å². The number of hydrogen-bond donors (Lipinski definition) is 0. The van der Waals surface area contributed by atoms with Gasteiger partial charge in [0.15, 0.2) is 0 Å². The van der Waals surface area contributed by atoms with Gasteiger partial charge in [-0.15, -0.1) is 0 Å². The van der Waals surface area contributed by atoms with E-state index in [1.165, 1.54) is 4.31 Å². The SMILES string of the molecule is COCOCC(CC=CC[Si](C)(C)C)C1CCCCC12CCCN(S(=O)(=O)c1ccc(C)cc1)C2=O. The van der Waals surface area contributed by atoms with Crippen LogP contribution < -0.4 is 0 Å². The van der Waals surface area contributed by atoms with Crippen LogP contribution in [0.2, 0.25) is 25.7 Å². The Balaban J connectivity index is 1.90. The molecule has 1 spiro atoms. The number of carbonyl (C=O) groups excluding carboxylic acids is 1. The molecule has 202 valence electrons.